The first kappa shape index (κ1) is 23.9. The Morgan fingerprint density at radius 3 is 2.43 bits per heavy atom. The predicted octanol–water partition coefficient (Wildman–Crippen LogP) is 5.06. The van der Waals surface area contributed by atoms with Gasteiger partial charge in [0.25, 0.3) is 11.6 Å². The Labute approximate surface area is 203 Å². The molecule has 1 aliphatic rings. The third kappa shape index (κ3) is 4.32. The number of benzene rings is 3. The number of carbonyl (C=O) groups excluding carboxylic acids is 1. The summed E-state index contributed by atoms with van der Waals surface area (Å²) in [6.07, 6.45) is 0. The van der Waals surface area contributed by atoms with Crippen LogP contribution in [0.25, 0.3) is 11.1 Å². The third-order valence-corrected chi connectivity index (χ3v) is 6.15. The quantitative estimate of drug-likeness (QED) is 0.363. The zero-order valence-electron chi connectivity index (χ0n) is 20.3. The van der Waals surface area contributed by atoms with E-state index < -0.39 is 10.5 Å². The molecule has 0 spiro atoms. The molecule has 9 nitrogen and oxygen atoms in total. The molecule has 0 saturated heterocycles. The van der Waals surface area contributed by atoms with Crippen LogP contribution in [0.15, 0.2) is 54.6 Å². The summed E-state index contributed by atoms with van der Waals surface area (Å²) >= 11 is 0. The number of ether oxygens (including phenoxy) is 2. The molecule has 3 aromatic carbocycles. The Morgan fingerprint density at radius 2 is 1.74 bits per heavy atom. The van der Waals surface area contributed by atoms with E-state index in [4.69, 9.17) is 9.47 Å². The second kappa shape index (κ2) is 9.17. The molecule has 4 rings (SSSR count). The molecule has 1 aliphatic heterocycles. The van der Waals surface area contributed by atoms with Crippen LogP contribution in [0.2, 0.25) is 0 Å². The topological polar surface area (TPSA) is 106 Å². The van der Waals surface area contributed by atoms with Crippen LogP contribution in [0.1, 0.15) is 19.4 Å². The Bertz CT molecular complexity index is 1300. The second-order valence-corrected chi connectivity index (χ2v) is 8.80. The van der Waals surface area contributed by atoms with Gasteiger partial charge in [-0.3, -0.25) is 14.9 Å². The van der Waals surface area contributed by atoms with Crippen LogP contribution in [0.3, 0.4) is 0 Å². The van der Waals surface area contributed by atoms with Crippen molar-refractivity contribution < 1.29 is 19.2 Å². The maximum Gasteiger partial charge on any atom is 0.270 e. The summed E-state index contributed by atoms with van der Waals surface area (Å²) in [5.41, 5.74) is 3.50. The highest BCUT2D eigenvalue weighted by molar-refractivity contribution is 6.09. The molecule has 0 aromatic heterocycles. The van der Waals surface area contributed by atoms with Crippen molar-refractivity contribution in [3.05, 3.63) is 70.3 Å². The largest absolute Gasteiger partial charge is 0.496 e. The Balaban J connectivity index is 1.92. The van der Waals surface area contributed by atoms with Gasteiger partial charge in [-0.05, 0) is 43.7 Å². The first-order valence-corrected chi connectivity index (χ1v) is 11.1. The van der Waals surface area contributed by atoms with E-state index in [9.17, 15) is 14.9 Å². The molecule has 0 saturated carbocycles. The summed E-state index contributed by atoms with van der Waals surface area (Å²) in [6, 6.07) is 15.8. The molecule has 0 radical (unpaired) electrons. The highest BCUT2D eigenvalue weighted by Crippen LogP contribution is 2.45. The number of methoxy groups -OCH3 is 2. The van der Waals surface area contributed by atoms with E-state index in [1.807, 2.05) is 50.2 Å². The highest BCUT2D eigenvalue weighted by atomic mass is 16.6. The number of nitrogens with zero attached hydrogens (tertiary/aromatic N) is 2. The summed E-state index contributed by atoms with van der Waals surface area (Å²) in [6.45, 7) is 3.99. The standard InChI is InChI=1S/C26H28N4O5/c1-26(2)25(31)29(3)24-19(15-27-20-8-6-7-9-23(20)35-5)17(11-12-21(24)28-26)18-14-16(30(32)33)10-13-22(18)34-4/h6-14,27-28H,15H2,1-5H3. The average molecular weight is 477 g/mol. The highest BCUT2D eigenvalue weighted by Gasteiger charge is 2.38. The van der Waals surface area contributed by atoms with Crippen molar-refractivity contribution in [3.8, 4) is 22.6 Å². The smallest absolute Gasteiger partial charge is 0.270 e. The van der Waals surface area contributed by atoms with Crippen molar-refractivity contribution in [1.82, 2.24) is 0 Å². The SMILES string of the molecule is COc1ccccc1NCc1c(-c2cc([N+](=O)[O-])ccc2OC)ccc2c1N(C)C(=O)C(C)(C)N2. The lowest BCUT2D eigenvalue weighted by molar-refractivity contribution is -0.384. The van der Waals surface area contributed by atoms with Gasteiger partial charge in [0.05, 0.1) is 36.2 Å². The van der Waals surface area contributed by atoms with Crippen molar-refractivity contribution >= 4 is 28.7 Å². The van der Waals surface area contributed by atoms with Gasteiger partial charge in [0.15, 0.2) is 0 Å². The van der Waals surface area contributed by atoms with Crippen LogP contribution >= 0.6 is 0 Å². The molecular weight excluding hydrogens is 448 g/mol. The number of carbonyl (C=O) groups is 1. The molecule has 9 heteroatoms. The molecule has 0 atom stereocenters. The first-order valence-electron chi connectivity index (χ1n) is 11.1. The Morgan fingerprint density at radius 1 is 1.03 bits per heavy atom. The van der Waals surface area contributed by atoms with Crippen LogP contribution in [0, 0.1) is 10.1 Å². The number of hydrogen-bond donors (Lipinski definition) is 2. The molecule has 1 heterocycles. The molecule has 35 heavy (non-hydrogen) atoms. The fraction of sp³-hybridized carbons (Fsp3) is 0.269. The van der Waals surface area contributed by atoms with E-state index in [1.54, 1.807) is 25.1 Å². The molecule has 2 N–H and O–H groups in total. The number of non-ortho nitro benzene ring substituents is 1. The number of para-hydroxylation sites is 2. The first-order chi connectivity index (χ1) is 16.7. The van der Waals surface area contributed by atoms with Crippen molar-refractivity contribution in [2.24, 2.45) is 0 Å². The molecule has 0 unspecified atom stereocenters. The van der Waals surface area contributed by atoms with Crippen LogP contribution in [-0.2, 0) is 11.3 Å². The van der Waals surface area contributed by atoms with Crippen LogP contribution in [0.4, 0.5) is 22.7 Å². The van der Waals surface area contributed by atoms with E-state index in [2.05, 4.69) is 10.6 Å². The summed E-state index contributed by atoms with van der Waals surface area (Å²) in [4.78, 5) is 25.9. The average Bonchev–Trinajstić information content (AvgIpc) is 2.85. The molecular formula is C26H28N4O5. The number of nitro benzene ring substituents is 1. The van der Waals surface area contributed by atoms with E-state index in [1.165, 1.54) is 19.2 Å². The lowest BCUT2D eigenvalue weighted by atomic mass is 9.91. The number of nitrogens with one attached hydrogen (secondary N) is 2. The predicted molar refractivity (Wildman–Crippen MR) is 137 cm³/mol. The molecule has 1 amide bonds. The van der Waals surface area contributed by atoms with E-state index >= 15 is 0 Å². The fourth-order valence-corrected chi connectivity index (χ4v) is 4.46. The maximum absolute atomic E-state index is 13.2. The van der Waals surface area contributed by atoms with Gasteiger partial charge < -0.3 is 25.0 Å². The minimum absolute atomic E-state index is 0.0501. The lowest BCUT2D eigenvalue weighted by Crippen LogP contribution is -2.52. The summed E-state index contributed by atoms with van der Waals surface area (Å²) in [5.74, 6) is 1.08. The van der Waals surface area contributed by atoms with Gasteiger partial charge in [-0.15, -0.1) is 0 Å². The summed E-state index contributed by atoms with van der Waals surface area (Å²) < 4.78 is 11.0. The van der Waals surface area contributed by atoms with Gasteiger partial charge in [-0.1, -0.05) is 18.2 Å². The van der Waals surface area contributed by atoms with Crippen molar-refractivity contribution in [2.45, 2.75) is 25.9 Å². The molecule has 0 fully saturated rings. The summed E-state index contributed by atoms with van der Waals surface area (Å²) in [7, 11) is 4.86. The number of amides is 1. The van der Waals surface area contributed by atoms with Gasteiger partial charge >= 0.3 is 0 Å². The monoisotopic (exact) mass is 476 g/mol. The molecule has 0 aliphatic carbocycles. The fourth-order valence-electron chi connectivity index (χ4n) is 4.46. The van der Waals surface area contributed by atoms with Gasteiger partial charge in [0.2, 0.25) is 0 Å². The van der Waals surface area contributed by atoms with Crippen LogP contribution in [0.5, 0.6) is 11.5 Å². The molecule has 0 bridgehead atoms. The minimum atomic E-state index is -0.778. The number of anilines is 3. The Kier molecular flexibility index (Phi) is 6.26. The van der Waals surface area contributed by atoms with E-state index in [0.29, 0.717) is 34.9 Å². The maximum atomic E-state index is 13.2. The van der Waals surface area contributed by atoms with E-state index in [0.717, 1.165) is 16.9 Å². The van der Waals surface area contributed by atoms with E-state index in [-0.39, 0.29) is 11.6 Å². The van der Waals surface area contributed by atoms with Gasteiger partial charge in [0, 0.05) is 36.9 Å². The molecule has 3 aromatic rings. The molecule has 182 valence electrons. The van der Waals surface area contributed by atoms with Gasteiger partial charge in [-0.25, -0.2) is 0 Å². The van der Waals surface area contributed by atoms with Crippen LogP contribution in [-0.4, -0.2) is 37.6 Å². The van der Waals surface area contributed by atoms with Gasteiger partial charge in [0.1, 0.15) is 17.0 Å². The second-order valence-electron chi connectivity index (χ2n) is 8.80. The normalized spacial score (nSPS) is 14.1. The third-order valence-electron chi connectivity index (χ3n) is 6.15. The number of nitro groups is 1. The van der Waals surface area contributed by atoms with Crippen molar-refractivity contribution in [3.63, 3.8) is 0 Å². The van der Waals surface area contributed by atoms with Crippen molar-refractivity contribution in [1.29, 1.82) is 0 Å². The minimum Gasteiger partial charge on any atom is -0.496 e. The van der Waals surface area contributed by atoms with Crippen molar-refractivity contribution in [2.75, 3.05) is 36.8 Å². The number of fused-ring (bicyclic) bond motifs is 1. The lowest BCUT2D eigenvalue weighted by Gasteiger charge is -2.40. The number of hydrogen-bond acceptors (Lipinski definition) is 7. The number of likely N-dealkylation sites (N-methyl/N-ethyl adjacent to an activating group) is 1. The van der Waals surface area contributed by atoms with Crippen LogP contribution < -0.4 is 25.0 Å². The van der Waals surface area contributed by atoms with Gasteiger partial charge in [-0.2, -0.15) is 0 Å². The zero-order valence-corrected chi connectivity index (χ0v) is 20.3. The Hall–Kier alpha value is -4.27. The summed E-state index contributed by atoms with van der Waals surface area (Å²) in [5, 5.41) is 18.3. The zero-order chi connectivity index (χ0) is 25.3. The number of rotatable bonds is 7.